The molecule has 3 heteroatoms. The first-order valence-corrected chi connectivity index (χ1v) is 5.00. The number of hydrogen-bond acceptors (Lipinski definition) is 3. The number of para-hydroxylation sites is 1. The van der Waals surface area contributed by atoms with Crippen LogP contribution in [0, 0.1) is 0 Å². The number of phenolic OH excluding ortho intramolecular Hbond substituents is 1. The van der Waals surface area contributed by atoms with Gasteiger partial charge in [-0.3, -0.25) is 0 Å². The van der Waals surface area contributed by atoms with Gasteiger partial charge in [0, 0.05) is 10.5 Å². The van der Waals surface area contributed by atoms with Crippen molar-refractivity contribution in [3.63, 3.8) is 0 Å². The minimum absolute atomic E-state index is 0.129. The van der Waals surface area contributed by atoms with Crippen LogP contribution in [-0.2, 0) is 0 Å². The Morgan fingerprint density at radius 3 is 2.33 bits per heavy atom. The summed E-state index contributed by atoms with van der Waals surface area (Å²) >= 11 is 4.20. The van der Waals surface area contributed by atoms with Crippen LogP contribution in [0.25, 0.3) is 11.1 Å². The highest BCUT2D eigenvalue weighted by molar-refractivity contribution is 7.80. The van der Waals surface area contributed by atoms with Gasteiger partial charge in [-0.2, -0.15) is 0 Å². The van der Waals surface area contributed by atoms with Gasteiger partial charge in [-0.05, 0) is 23.8 Å². The summed E-state index contributed by atoms with van der Waals surface area (Å²) in [5.41, 5.74) is 7.68. The van der Waals surface area contributed by atoms with Crippen LogP contribution in [0.15, 0.2) is 47.4 Å². The first-order valence-electron chi connectivity index (χ1n) is 4.55. The fourth-order valence-corrected chi connectivity index (χ4v) is 1.58. The van der Waals surface area contributed by atoms with E-state index in [-0.39, 0.29) is 5.75 Å². The molecule has 2 aromatic carbocycles. The minimum Gasteiger partial charge on any atom is -0.505 e. The van der Waals surface area contributed by atoms with Crippen LogP contribution >= 0.6 is 12.6 Å². The summed E-state index contributed by atoms with van der Waals surface area (Å²) in [7, 11) is 0. The zero-order valence-electron chi connectivity index (χ0n) is 8.01. The summed E-state index contributed by atoms with van der Waals surface area (Å²) in [4.78, 5) is 0.891. The Morgan fingerprint density at radius 2 is 1.67 bits per heavy atom. The summed E-state index contributed by atoms with van der Waals surface area (Å²) in [6.07, 6.45) is 0. The molecule has 0 atom stereocenters. The fourth-order valence-electron chi connectivity index (χ4n) is 1.44. The molecular formula is C12H11NOS. The Hall–Kier alpha value is -1.61. The summed E-state index contributed by atoms with van der Waals surface area (Å²) in [6, 6.07) is 12.9. The number of aromatic hydroxyl groups is 1. The van der Waals surface area contributed by atoms with Crippen molar-refractivity contribution in [1.82, 2.24) is 0 Å². The zero-order chi connectivity index (χ0) is 10.8. The van der Waals surface area contributed by atoms with Crippen molar-refractivity contribution in [2.75, 3.05) is 5.73 Å². The van der Waals surface area contributed by atoms with Crippen molar-refractivity contribution in [2.45, 2.75) is 4.90 Å². The molecule has 0 aliphatic heterocycles. The van der Waals surface area contributed by atoms with Crippen molar-refractivity contribution < 1.29 is 5.11 Å². The van der Waals surface area contributed by atoms with E-state index < -0.39 is 0 Å². The molecule has 0 radical (unpaired) electrons. The second-order valence-electron chi connectivity index (χ2n) is 3.29. The molecule has 0 aromatic heterocycles. The first-order chi connectivity index (χ1) is 7.18. The van der Waals surface area contributed by atoms with Crippen LogP contribution < -0.4 is 5.73 Å². The maximum absolute atomic E-state index is 9.78. The Bertz CT molecular complexity index is 479. The van der Waals surface area contributed by atoms with Crippen molar-refractivity contribution in [3.8, 4) is 16.9 Å². The van der Waals surface area contributed by atoms with Crippen LogP contribution in [-0.4, -0.2) is 5.11 Å². The average molecular weight is 217 g/mol. The molecule has 0 spiro atoms. The highest BCUT2D eigenvalue weighted by Crippen LogP contribution is 2.33. The van der Waals surface area contributed by atoms with E-state index >= 15 is 0 Å². The van der Waals surface area contributed by atoms with Gasteiger partial charge in [0.15, 0.2) is 0 Å². The molecule has 2 nitrogen and oxygen atoms in total. The highest BCUT2D eigenvalue weighted by Gasteiger charge is 2.05. The lowest BCUT2D eigenvalue weighted by Crippen LogP contribution is -1.87. The van der Waals surface area contributed by atoms with E-state index in [1.165, 1.54) is 0 Å². The van der Waals surface area contributed by atoms with Crippen molar-refractivity contribution >= 4 is 18.3 Å². The number of phenols is 1. The van der Waals surface area contributed by atoms with Crippen LogP contribution in [0.3, 0.4) is 0 Å². The van der Waals surface area contributed by atoms with E-state index in [9.17, 15) is 5.11 Å². The molecule has 3 N–H and O–H groups in total. The van der Waals surface area contributed by atoms with Gasteiger partial charge in [0.05, 0.1) is 5.69 Å². The number of nitrogen functional groups attached to an aromatic ring is 1. The molecule has 0 fully saturated rings. The van der Waals surface area contributed by atoms with Gasteiger partial charge in [-0.1, -0.05) is 24.3 Å². The number of nitrogens with two attached hydrogens (primary N) is 1. The SMILES string of the molecule is Nc1cccc(-c2ccc(S)cc2)c1O. The molecule has 15 heavy (non-hydrogen) atoms. The second-order valence-corrected chi connectivity index (χ2v) is 3.81. The van der Waals surface area contributed by atoms with Crippen LogP contribution in [0.4, 0.5) is 5.69 Å². The van der Waals surface area contributed by atoms with Gasteiger partial charge in [-0.25, -0.2) is 0 Å². The molecule has 0 aliphatic carbocycles. The van der Waals surface area contributed by atoms with Gasteiger partial charge >= 0.3 is 0 Å². The third kappa shape index (κ3) is 1.92. The van der Waals surface area contributed by atoms with Crippen molar-refractivity contribution in [1.29, 1.82) is 0 Å². The van der Waals surface area contributed by atoms with E-state index in [0.717, 1.165) is 16.0 Å². The predicted molar refractivity (Wildman–Crippen MR) is 65.2 cm³/mol. The lowest BCUT2D eigenvalue weighted by Gasteiger charge is -2.06. The van der Waals surface area contributed by atoms with Gasteiger partial charge in [0.25, 0.3) is 0 Å². The normalized spacial score (nSPS) is 10.2. The Morgan fingerprint density at radius 1 is 1.00 bits per heavy atom. The first kappa shape index (κ1) is 9.93. The van der Waals surface area contributed by atoms with Crippen LogP contribution in [0.1, 0.15) is 0 Å². The third-order valence-corrected chi connectivity index (χ3v) is 2.54. The van der Waals surface area contributed by atoms with Gasteiger partial charge in [-0.15, -0.1) is 12.6 Å². The molecule has 0 unspecified atom stereocenters. The number of rotatable bonds is 1. The highest BCUT2D eigenvalue weighted by atomic mass is 32.1. The lowest BCUT2D eigenvalue weighted by atomic mass is 10.0. The number of hydrogen-bond donors (Lipinski definition) is 3. The molecule has 2 aromatic rings. The Balaban J connectivity index is 2.54. The van der Waals surface area contributed by atoms with Gasteiger partial charge in [0.1, 0.15) is 5.75 Å². The Kier molecular flexibility index (Phi) is 2.56. The molecule has 0 saturated carbocycles. The molecule has 0 saturated heterocycles. The van der Waals surface area contributed by atoms with E-state index in [4.69, 9.17) is 5.73 Å². The number of benzene rings is 2. The number of thiol groups is 1. The largest absolute Gasteiger partial charge is 0.505 e. The summed E-state index contributed by atoms with van der Waals surface area (Å²) in [5.74, 6) is 0.129. The average Bonchev–Trinajstić information content (AvgIpc) is 2.24. The van der Waals surface area contributed by atoms with Gasteiger partial charge < -0.3 is 10.8 Å². The molecule has 0 heterocycles. The molecule has 2 rings (SSSR count). The standard InChI is InChI=1S/C12H11NOS/c13-11-3-1-2-10(12(11)14)8-4-6-9(15)7-5-8/h1-7,14-15H,13H2. The number of anilines is 1. The zero-order valence-corrected chi connectivity index (χ0v) is 8.91. The lowest BCUT2D eigenvalue weighted by molar-refractivity contribution is 0.480. The van der Waals surface area contributed by atoms with Crippen LogP contribution in [0.2, 0.25) is 0 Å². The molecule has 0 aliphatic rings. The molecular weight excluding hydrogens is 206 g/mol. The summed E-state index contributed by atoms with van der Waals surface area (Å²) in [6.45, 7) is 0. The topological polar surface area (TPSA) is 46.2 Å². The molecule has 76 valence electrons. The fraction of sp³-hybridized carbons (Fsp3) is 0. The van der Waals surface area contributed by atoms with Crippen LogP contribution in [0.5, 0.6) is 5.75 Å². The summed E-state index contributed by atoms with van der Waals surface area (Å²) < 4.78 is 0. The third-order valence-electron chi connectivity index (χ3n) is 2.25. The smallest absolute Gasteiger partial charge is 0.146 e. The van der Waals surface area contributed by atoms with E-state index in [2.05, 4.69) is 12.6 Å². The Labute approximate surface area is 93.8 Å². The van der Waals surface area contributed by atoms with E-state index in [0.29, 0.717) is 5.69 Å². The van der Waals surface area contributed by atoms with Crippen molar-refractivity contribution in [2.24, 2.45) is 0 Å². The van der Waals surface area contributed by atoms with Crippen molar-refractivity contribution in [3.05, 3.63) is 42.5 Å². The predicted octanol–water partition coefficient (Wildman–Crippen LogP) is 2.93. The maximum atomic E-state index is 9.78. The second kappa shape index (κ2) is 3.87. The molecule has 0 amide bonds. The summed E-state index contributed by atoms with van der Waals surface area (Å²) in [5, 5.41) is 9.78. The minimum atomic E-state index is 0.129. The monoisotopic (exact) mass is 217 g/mol. The van der Waals surface area contributed by atoms with Gasteiger partial charge in [0.2, 0.25) is 0 Å². The quantitative estimate of drug-likeness (QED) is 0.391. The van der Waals surface area contributed by atoms with E-state index in [1.54, 1.807) is 6.07 Å². The maximum Gasteiger partial charge on any atom is 0.146 e. The van der Waals surface area contributed by atoms with E-state index in [1.807, 2.05) is 36.4 Å². The molecule has 0 bridgehead atoms.